The largest absolute Gasteiger partial charge is 0.0616 e. The molecule has 0 fully saturated rings. The Morgan fingerprint density at radius 3 is 0.787 bits per heavy atom. The molecule has 0 unspecified atom stereocenters. The molecule has 0 radical (unpaired) electrons. The first-order valence-corrected chi connectivity index (χ1v) is 19.1. The van der Waals surface area contributed by atoms with Crippen molar-refractivity contribution in [2.45, 2.75) is 164 Å². The average molecular weight is 631 g/mol. The Balaban J connectivity index is 0.000000160. The second-order valence-electron chi connectivity index (χ2n) is 16.2. The zero-order valence-electron chi connectivity index (χ0n) is 32.2. The van der Waals surface area contributed by atoms with Crippen LogP contribution in [0.4, 0.5) is 0 Å². The maximum absolute atomic E-state index is 2.38. The summed E-state index contributed by atoms with van der Waals surface area (Å²) in [5.41, 5.74) is 16.0. The van der Waals surface area contributed by atoms with E-state index in [0.29, 0.717) is 35.5 Å². The molecule has 0 aromatic heterocycles. The van der Waals surface area contributed by atoms with Crippen LogP contribution < -0.4 is 0 Å². The lowest BCUT2D eigenvalue weighted by Crippen LogP contribution is -2.11. The van der Waals surface area contributed by atoms with Crippen molar-refractivity contribution in [3.63, 3.8) is 0 Å². The van der Waals surface area contributed by atoms with Crippen molar-refractivity contribution < 1.29 is 0 Å². The highest BCUT2D eigenvalue weighted by atomic mass is 14.3. The van der Waals surface area contributed by atoms with Crippen LogP contribution in [-0.2, 0) is 25.7 Å². The first-order valence-electron chi connectivity index (χ1n) is 19.1. The Hall–Kier alpha value is -2.86. The molecule has 0 heterocycles. The number of hydrogen-bond donors (Lipinski definition) is 0. The topological polar surface area (TPSA) is 0 Å². The second kappa shape index (κ2) is 16.5. The van der Waals surface area contributed by atoms with E-state index >= 15 is 0 Å². The van der Waals surface area contributed by atoms with Gasteiger partial charge in [-0.25, -0.2) is 0 Å². The van der Waals surface area contributed by atoms with Gasteiger partial charge in [0.1, 0.15) is 0 Å². The van der Waals surface area contributed by atoms with Gasteiger partial charge in [-0.15, -0.1) is 0 Å². The lowest BCUT2D eigenvalue weighted by Gasteiger charge is -2.25. The van der Waals surface area contributed by atoms with Crippen LogP contribution in [0.2, 0.25) is 0 Å². The van der Waals surface area contributed by atoms with Crippen LogP contribution in [0.3, 0.4) is 0 Å². The van der Waals surface area contributed by atoms with Crippen LogP contribution in [-0.4, -0.2) is 0 Å². The summed E-state index contributed by atoms with van der Waals surface area (Å²) < 4.78 is 0. The summed E-state index contributed by atoms with van der Waals surface area (Å²) in [6, 6.07) is 22.8. The molecule has 0 saturated carbocycles. The third-order valence-corrected chi connectivity index (χ3v) is 10.7. The molecule has 4 aromatic rings. The van der Waals surface area contributed by atoms with E-state index < -0.39 is 0 Å². The molecule has 0 saturated heterocycles. The SMILES string of the molecule is CC(C)c1ccc(C(C)C)c2c1CCC2.CC(C)c1ccc(C(C)C)c2c1CCCC2.CC(C)c1ccc(C(C)C)c2ccccc12. The lowest BCUT2D eigenvalue weighted by atomic mass is 9.80. The Kier molecular flexibility index (Phi) is 13.0. The number of hydrogen-bond acceptors (Lipinski definition) is 0. The molecule has 0 spiro atoms. The quantitative estimate of drug-likeness (QED) is 0.199. The molecule has 0 atom stereocenters. The van der Waals surface area contributed by atoms with Gasteiger partial charge in [-0.3, -0.25) is 0 Å². The van der Waals surface area contributed by atoms with Crippen molar-refractivity contribution in [1.29, 1.82) is 0 Å². The van der Waals surface area contributed by atoms with E-state index in [1.54, 1.807) is 44.5 Å². The fourth-order valence-electron chi connectivity index (χ4n) is 8.20. The molecule has 47 heavy (non-hydrogen) atoms. The van der Waals surface area contributed by atoms with Gasteiger partial charge in [0.25, 0.3) is 0 Å². The standard InChI is InChI=1S/C16H24.C16H20.C15H22/c2*1-11(2)13-9-10-14(12(3)4)16-8-6-5-7-15(13)16;1-10(2)12-8-9-13(11(3)4)15-7-5-6-14(12)15/h9-12H,5-8H2,1-4H3;5-12H,1-4H3;8-11H,5-7H2,1-4H3. The van der Waals surface area contributed by atoms with E-state index in [0.717, 1.165) is 0 Å². The minimum absolute atomic E-state index is 0.589. The summed E-state index contributed by atoms with van der Waals surface area (Å²) in [4.78, 5) is 0. The molecule has 0 nitrogen and oxygen atoms in total. The number of benzene rings is 4. The monoisotopic (exact) mass is 631 g/mol. The Bertz CT molecular complexity index is 1490. The van der Waals surface area contributed by atoms with E-state index in [2.05, 4.69) is 144 Å². The van der Waals surface area contributed by atoms with Crippen molar-refractivity contribution in [2.24, 2.45) is 0 Å². The zero-order chi connectivity index (χ0) is 34.4. The van der Waals surface area contributed by atoms with E-state index in [9.17, 15) is 0 Å². The number of rotatable bonds is 6. The molecule has 2 aliphatic carbocycles. The molecule has 254 valence electrons. The first kappa shape index (κ1) is 37.0. The van der Waals surface area contributed by atoms with Gasteiger partial charge in [0.2, 0.25) is 0 Å². The third kappa shape index (κ3) is 8.60. The van der Waals surface area contributed by atoms with E-state index in [-0.39, 0.29) is 0 Å². The van der Waals surface area contributed by atoms with Crippen LogP contribution in [0.1, 0.15) is 193 Å². The molecular formula is C47H66. The van der Waals surface area contributed by atoms with Gasteiger partial charge in [0.05, 0.1) is 0 Å². The van der Waals surface area contributed by atoms with E-state index in [4.69, 9.17) is 0 Å². The molecular weight excluding hydrogens is 565 g/mol. The molecule has 0 amide bonds. The molecule has 6 rings (SSSR count). The van der Waals surface area contributed by atoms with Crippen LogP contribution in [0.15, 0.2) is 60.7 Å². The van der Waals surface area contributed by atoms with Crippen molar-refractivity contribution in [3.05, 3.63) is 116 Å². The zero-order valence-corrected chi connectivity index (χ0v) is 32.2. The van der Waals surface area contributed by atoms with Gasteiger partial charge in [-0.2, -0.15) is 0 Å². The molecule has 0 N–H and O–H groups in total. The minimum Gasteiger partial charge on any atom is -0.0616 e. The molecule has 0 aliphatic heterocycles. The predicted octanol–water partition coefficient (Wildman–Crippen LogP) is 14.3. The summed E-state index contributed by atoms with van der Waals surface area (Å²) in [7, 11) is 0. The highest BCUT2D eigenvalue weighted by Crippen LogP contribution is 2.36. The van der Waals surface area contributed by atoms with E-state index in [1.807, 2.05) is 0 Å². The first-order chi connectivity index (χ1) is 22.3. The summed E-state index contributed by atoms with van der Waals surface area (Å²) >= 11 is 0. The molecule has 2 aliphatic rings. The van der Waals surface area contributed by atoms with Gasteiger partial charge in [-0.1, -0.05) is 144 Å². The Morgan fingerprint density at radius 2 is 0.532 bits per heavy atom. The normalized spacial score (nSPS) is 14.1. The predicted molar refractivity (Wildman–Crippen MR) is 210 cm³/mol. The third-order valence-electron chi connectivity index (χ3n) is 10.7. The summed E-state index contributed by atoms with van der Waals surface area (Å²) in [6.45, 7) is 27.6. The highest BCUT2D eigenvalue weighted by Gasteiger charge is 2.21. The van der Waals surface area contributed by atoms with Gasteiger partial charge in [0, 0.05) is 0 Å². The Labute approximate surface area is 289 Å². The van der Waals surface area contributed by atoms with Gasteiger partial charge in [0.15, 0.2) is 0 Å². The second-order valence-corrected chi connectivity index (χ2v) is 16.2. The summed E-state index contributed by atoms with van der Waals surface area (Å²) in [6.07, 6.45) is 9.36. The highest BCUT2D eigenvalue weighted by molar-refractivity contribution is 5.89. The van der Waals surface area contributed by atoms with Crippen LogP contribution in [0, 0.1) is 0 Å². The van der Waals surface area contributed by atoms with Crippen LogP contribution >= 0.6 is 0 Å². The fraction of sp³-hybridized carbons (Fsp3) is 0.532. The van der Waals surface area contributed by atoms with Gasteiger partial charge in [-0.05, 0) is 147 Å². The van der Waals surface area contributed by atoms with Crippen molar-refractivity contribution in [2.75, 3.05) is 0 Å². The molecule has 0 bridgehead atoms. The van der Waals surface area contributed by atoms with Gasteiger partial charge < -0.3 is 0 Å². The maximum Gasteiger partial charge on any atom is -0.0146 e. The number of fused-ring (bicyclic) bond motifs is 3. The van der Waals surface area contributed by atoms with Crippen LogP contribution in [0.25, 0.3) is 10.8 Å². The summed E-state index contributed by atoms with van der Waals surface area (Å²) in [5.74, 6) is 3.88. The maximum atomic E-state index is 2.38. The summed E-state index contributed by atoms with van der Waals surface area (Å²) in [5, 5.41) is 2.84. The van der Waals surface area contributed by atoms with Crippen molar-refractivity contribution >= 4 is 10.8 Å². The lowest BCUT2D eigenvalue weighted by molar-refractivity contribution is 0.656. The van der Waals surface area contributed by atoms with Crippen molar-refractivity contribution in [3.8, 4) is 0 Å². The molecule has 0 heteroatoms. The minimum atomic E-state index is 0.589. The average Bonchev–Trinajstić information content (AvgIpc) is 3.53. The smallest absolute Gasteiger partial charge is 0.0146 e. The van der Waals surface area contributed by atoms with Gasteiger partial charge >= 0.3 is 0 Å². The van der Waals surface area contributed by atoms with Crippen LogP contribution in [0.5, 0.6) is 0 Å². The van der Waals surface area contributed by atoms with Crippen molar-refractivity contribution in [1.82, 2.24) is 0 Å². The molecule has 4 aromatic carbocycles. The Morgan fingerprint density at radius 1 is 0.298 bits per heavy atom. The van der Waals surface area contributed by atoms with E-state index in [1.165, 1.54) is 66.8 Å². The fourth-order valence-corrected chi connectivity index (χ4v) is 8.20.